The van der Waals surface area contributed by atoms with Crippen LogP contribution in [0, 0.1) is 23.2 Å². The van der Waals surface area contributed by atoms with Gasteiger partial charge in [0.25, 0.3) is 0 Å². The summed E-state index contributed by atoms with van der Waals surface area (Å²) in [5.41, 5.74) is 15.9. The predicted molar refractivity (Wildman–Crippen MR) is 429 cm³/mol. The first-order valence-electron chi connectivity index (χ1n) is 38.6. The van der Waals surface area contributed by atoms with Crippen molar-refractivity contribution in [2.45, 2.75) is 77.5 Å². The Bertz CT molecular complexity index is 5060. The molecule has 31 rings (SSSR count). The Morgan fingerprint density at radius 1 is 0.320 bits per heavy atom. The van der Waals surface area contributed by atoms with Gasteiger partial charge in [-0.05, 0) is 139 Å². The number of aromatic nitrogens is 5. The van der Waals surface area contributed by atoms with E-state index in [0.29, 0.717) is 52.0 Å². The number of nitrogens with zero attached hydrogens (tertiary/aromatic N) is 5. The fourth-order valence-corrected chi connectivity index (χ4v) is 15.1. The van der Waals surface area contributed by atoms with Crippen molar-refractivity contribution in [1.82, 2.24) is 0 Å². The summed E-state index contributed by atoms with van der Waals surface area (Å²) in [6.45, 7) is 7.21. The van der Waals surface area contributed by atoms with E-state index < -0.39 is 39.0 Å². The molecule has 20 aliphatic rings. The van der Waals surface area contributed by atoms with Gasteiger partial charge in [0.2, 0.25) is 11.0 Å². The number of pyridine rings is 5. The molecule has 4 saturated carbocycles. The van der Waals surface area contributed by atoms with Gasteiger partial charge in [-0.25, -0.2) is 18.3 Å². The molecule has 11 nitrogen and oxygen atoms in total. The number of carbonyl (C=O) groups excluding carboxylic acids is 1. The molecule has 0 spiro atoms. The van der Waals surface area contributed by atoms with E-state index in [4.69, 9.17) is 23.7 Å². The van der Waals surface area contributed by atoms with Crippen LogP contribution in [0.25, 0.3) is 55.2 Å². The maximum Gasteiger partial charge on any atom is 0.173 e. The van der Waals surface area contributed by atoms with E-state index in [-0.39, 0.29) is 11.4 Å². The summed E-state index contributed by atoms with van der Waals surface area (Å²) >= 11 is 0. The monoisotopic (exact) mass is 1960 g/mol. The van der Waals surface area contributed by atoms with Crippen LogP contribution in [0.4, 0.5) is 126 Å². The normalized spacial score (nSPS) is 19.3. The molecule has 0 atom stereocenters. The average Bonchev–Trinajstić information content (AvgIpc) is 0.739. The van der Waals surface area contributed by atoms with Crippen LogP contribution in [0.1, 0.15) is 72.8 Å². The molecule has 46 heteroatoms. The van der Waals surface area contributed by atoms with Crippen LogP contribution in [0.2, 0.25) is 0 Å². The van der Waals surface area contributed by atoms with Gasteiger partial charge in [0.05, 0.1) is 49.2 Å². The standard InChI is InChI=1S/C46H52NO6.C36H32N4.5F6P/c1-47-42-10-4-2-8-40(42)44(41-9-3-5-11-43(41)47)37-14-18-38(19-15-37)52-26-25-51-24-23-50-22-21-49-20-6-7-33-12-16-39(17-13-33)53-45(48)46-30-34-27-35(31-46)29-36(28-34)32-46;1-2-30-4-3-29(1)25-37-17-9-33(10-18-37)35-13-21-39(22-14-35)27-31-5-7-32(8-6-31)28-40-23-15-36(16-24-40)34-11-19-38(26-30)20-12-34;5*1-7(2,3,4,5)6/h2-5,8-19,34-36H,6-7,20-32H2,1H3;1-24H,25-28H2;;;;;/q+1;+4;5*-1. The molecule has 5 aromatic heterocycles. The van der Waals surface area contributed by atoms with Crippen LogP contribution in [-0.2, 0) is 58.7 Å². The van der Waals surface area contributed by atoms with E-state index in [1.54, 1.807) is 0 Å². The van der Waals surface area contributed by atoms with Gasteiger partial charge in [0, 0.05) is 95.1 Å². The summed E-state index contributed by atoms with van der Waals surface area (Å²) in [4.78, 5) is 13.2. The van der Waals surface area contributed by atoms with Crippen LogP contribution in [0.5, 0.6) is 11.5 Å². The van der Waals surface area contributed by atoms with E-state index in [2.05, 4.69) is 249 Å². The van der Waals surface area contributed by atoms with Crippen molar-refractivity contribution in [3.05, 3.63) is 272 Å². The first kappa shape index (κ1) is 103. The first-order valence-corrected chi connectivity index (χ1v) is 48.7. The minimum absolute atomic E-state index is 0.0133. The number of benzene rings is 6. The molecule has 6 aromatic carbocycles. The number of hydrogen-bond donors (Lipinski definition) is 0. The van der Waals surface area contributed by atoms with Crippen molar-refractivity contribution in [2.24, 2.45) is 30.2 Å². The van der Waals surface area contributed by atoms with Crippen LogP contribution < -0.4 is 32.3 Å². The zero-order valence-corrected chi connectivity index (χ0v) is 71.5. The van der Waals surface area contributed by atoms with Crippen molar-refractivity contribution in [1.29, 1.82) is 0 Å². The summed E-state index contributed by atoms with van der Waals surface area (Å²) in [6, 6.07) is 69.0. The molecule has 11 aromatic rings. The Hall–Kier alpha value is -9.21. The molecule has 16 bridgehead atoms. The third-order valence-corrected chi connectivity index (χ3v) is 19.5. The van der Waals surface area contributed by atoms with Crippen molar-refractivity contribution in [2.75, 3.05) is 46.2 Å². The molecule has 708 valence electrons. The molecule has 16 aliphatic heterocycles. The van der Waals surface area contributed by atoms with Gasteiger partial charge >= 0.3 is 171 Å². The van der Waals surface area contributed by atoms with Crippen LogP contribution >= 0.6 is 39.0 Å². The molecule has 128 heavy (non-hydrogen) atoms. The van der Waals surface area contributed by atoms with Gasteiger partial charge < -0.3 is 23.7 Å². The van der Waals surface area contributed by atoms with Gasteiger partial charge in [0.15, 0.2) is 75.8 Å². The smallest absolute Gasteiger partial charge is 0.173 e. The number of esters is 1. The quantitative estimate of drug-likeness (QED) is 0.0172. The van der Waals surface area contributed by atoms with Crippen LogP contribution in [-0.4, -0.2) is 52.2 Å². The number of fused-ring (bicyclic) bond motifs is 2. The number of para-hydroxylation sites is 2. The molecule has 4 fully saturated rings. The number of carbonyl (C=O) groups is 1. The second-order valence-corrected chi connectivity index (χ2v) is 40.6. The van der Waals surface area contributed by atoms with E-state index in [0.717, 1.165) is 81.8 Å². The molecule has 0 radical (unpaired) electrons. The summed E-state index contributed by atoms with van der Waals surface area (Å²) in [7, 11) is -51.2. The van der Waals surface area contributed by atoms with Gasteiger partial charge in [-0.3, -0.25) is 4.79 Å². The fourth-order valence-electron chi connectivity index (χ4n) is 15.1. The molecule has 0 amide bonds. The maximum absolute atomic E-state index is 13.2. The van der Waals surface area contributed by atoms with E-state index in [1.807, 2.05) is 24.3 Å². The summed E-state index contributed by atoms with van der Waals surface area (Å²) < 4.78 is 336. The van der Waals surface area contributed by atoms with E-state index in [9.17, 15) is 131 Å². The zero-order chi connectivity index (χ0) is 94.8. The van der Waals surface area contributed by atoms with Crippen molar-refractivity contribution in [3.63, 3.8) is 0 Å². The number of aryl methyl sites for hydroxylation is 2. The fraction of sp³-hybridized carbons (Fsp3) is 0.293. The number of halogens is 30. The second kappa shape index (κ2) is 35.2. The molecule has 21 heterocycles. The molecule has 0 N–H and O–H groups in total. The van der Waals surface area contributed by atoms with E-state index in [1.165, 1.54) is 102 Å². The van der Waals surface area contributed by atoms with Gasteiger partial charge in [-0.2, -0.15) is 4.57 Å². The van der Waals surface area contributed by atoms with Gasteiger partial charge in [-0.1, -0.05) is 97.1 Å². The molecule has 0 saturated heterocycles. The Balaban J connectivity index is 0.000000214. The number of hydrogen-bond acceptors (Lipinski definition) is 6. The van der Waals surface area contributed by atoms with Crippen molar-refractivity contribution >= 4 is 66.8 Å². The van der Waals surface area contributed by atoms with Gasteiger partial charge in [0.1, 0.15) is 25.2 Å². The minimum atomic E-state index is -10.7. The largest absolute Gasteiger partial charge is 0.201 e. The second-order valence-electron chi connectivity index (χ2n) is 31.0. The van der Waals surface area contributed by atoms with Crippen LogP contribution in [0.15, 0.2) is 244 Å². The molecule has 0 unspecified atom stereocenters. The molecular weight excluding hydrogens is 1880 g/mol. The van der Waals surface area contributed by atoms with Crippen LogP contribution in [0.3, 0.4) is 0 Å². The Labute approximate surface area is 711 Å². The number of ether oxygens (including phenoxy) is 5. The Morgan fingerprint density at radius 2 is 0.586 bits per heavy atom. The van der Waals surface area contributed by atoms with Crippen molar-refractivity contribution < 1.29 is 177 Å². The Morgan fingerprint density at radius 3 is 0.883 bits per heavy atom. The SMILES string of the molecule is C[n+]1c2ccccc2c(-c2ccc(OCCOCCOCCOCCCc3ccc(OC(=O)C45CC6CC(CC(C6)C4)C5)cc3)cc2)c2ccccc21.F[P-](F)(F)(F)(F)F.F[P-](F)(F)(F)(F)F.F[P-](F)(F)(F)(F)F.F[P-](F)(F)(F)(F)F.F[P-](F)(F)(F)(F)F.c1cc2ccc1C[n+]1ccc(cc1)-c1cc[n+](cc1)Cc1ccc(cc1)C[n+]1ccc(cc1)-c1cc[n+](cc1)C2. The minimum Gasteiger partial charge on any atom is -0.201 e. The molecule has 4 aliphatic carbocycles. The Kier molecular flexibility index (Phi) is 28.2. The average molecular weight is 1960 g/mol. The van der Waals surface area contributed by atoms with Crippen molar-refractivity contribution in [3.8, 4) is 44.9 Å². The first-order chi connectivity index (χ1) is 58.0. The van der Waals surface area contributed by atoms with E-state index >= 15 is 0 Å². The number of rotatable bonds is 17. The maximum atomic E-state index is 13.2. The molecular formula is C82H84F30N5O6P5. The third kappa shape index (κ3) is 43.5. The topological polar surface area (TPSA) is 82.6 Å². The summed E-state index contributed by atoms with van der Waals surface area (Å²) in [5, 5.41) is 2.46. The zero-order valence-electron chi connectivity index (χ0n) is 67.0. The summed E-state index contributed by atoms with van der Waals surface area (Å²) in [5.74, 6) is 3.72. The summed E-state index contributed by atoms with van der Waals surface area (Å²) in [6.07, 6.45) is 26.3. The van der Waals surface area contributed by atoms with Gasteiger partial charge in [-0.15, -0.1) is 0 Å². The predicted octanol–water partition coefficient (Wildman–Crippen LogP) is 30.3. The third-order valence-electron chi connectivity index (χ3n) is 19.5.